The van der Waals surface area contributed by atoms with Crippen molar-refractivity contribution in [2.75, 3.05) is 20.3 Å². The number of nitrogens with one attached hydrogen (secondary N) is 1. The summed E-state index contributed by atoms with van der Waals surface area (Å²) >= 11 is 0. The predicted octanol–water partition coefficient (Wildman–Crippen LogP) is 1.10. The highest BCUT2D eigenvalue weighted by Gasteiger charge is 2.13. The predicted molar refractivity (Wildman–Crippen MR) is 69.3 cm³/mol. The van der Waals surface area contributed by atoms with Crippen molar-refractivity contribution in [3.63, 3.8) is 0 Å². The number of carbonyl (C=O) groups excluding carboxylic acids is 1. The second-order valence-corrected chi connectivity index (χ2v) is 4.41. The van der Waals surface area contributed by atoms with Crippen molar-refractivity contribution in [1.82, 2.24) is 10.3 Å². The molecule has 0 fully saturated rings. The molecule has 0 aliphatic carbocycles. The van der Waals surface area contributed by atoms with Crippen LogP contribution in [0.5, 0.6) is 0 Å². The fourth-order valence-electron chi connectivity index (χ4n) is 1.61. The minimum absolute atomic E-state index is 0.101. The lowest BCUT2D eigenvalue weighted by molar-refractivity contribution is 0.0694. The molecule has 6 nitrogen and oxygen atoms in total. The maximum atomic E-state index is 11.8. The summed E-state index contributed by atoms with van der Waals surface area (Å²) in [6.45, 7) is 4.56. The van der Waals surface area contributed by atoms with Crippen LogP contribution in [0, 0.1) is 12.8 Å². The zero-order valence-electron chi connectivity index (χ0n) is 11.3. The quantitative estimate of drug-likeness (QED) is 0.805. The monoisotopic (exact) mass is 266 g/mol. The van der Waals surface area contributed by atoms with E-state index in [2.05, 4.69) is 10.3 Å². The second kappa shape index (κ2) is 6.84. The molecule has 0 spiro atoms. The standard InChI is InChI=1S/C13H18N2O4/c1-8(7-19-3)6-14-12(16)11-5-4-10(13(17)18)9(2)15-11/h4-5,8H,6-7H2,1-3H3,(H,14,16)(H,17,18). The molecule has 0 aromatic carbocycles. The molecule has 1 aromatic rings. The Hall–Kier alpha value is -1.95. The largest absolute Gasteiger partial charge is 0.478 e. The molecular weight excluding hydrogens is 248 g/mol. The average molecular weight is 266 g/mol. The van der Waals surface area contributed by atoms with E-state index in [1.165, 1.54) is 12.1 Å². The highest BCUT2D eigenvalue weighted by Crippen LogP contribution is 2.07. The second-order valence-electron chi connectivity index (χ2n) is 4.41. The van der Waals surface area contributed by atoms with Gasteiger partial charge in [-0.15, -0.1) is 0 Å². The van der Waals surface area contributed by atoms with Gasteiger partial charge in [-0.3, -0.25) is 4.79 Å². The van der Waals surface area contributed by atoms with Gasteiger partial charge in [-0.25, -0.2) is 9.78 Å². The number of carboxylic acid groups (broad SMARTS) is 1. The molecule has 1 rings (SSSR count). The van der Waals surface area contributed by atoms with Gasteiger partial charge in [-0.05, 0) is 25.0 Å². The molecule has 0 aliphatic heterocycles. The first-order chi connectivity index (χ1) is 8.95. The number of ether oxygens (including phenoxy) is 1. The summed E-state index contributed by atoms with van der Waals surface area (Å²) in [6.07, 6.45) is 0. The van der Waals surface area contributed by atoms with Crippen LogP contribution in [-0.4, -0.2) is 42.2 Å². The first-order valence-electron chi connectivity index (χ1n) is 5.93. The molecule has 19 heavy (non-hydrogen) atoms. The summed E-state index contributed by atoms with van der Waals surface area (Å²) < 4.78 is 4.97. The van der Waals surface area contributed by atoms with E-state index in [0.717, 1.165) is 0 Å². The van der Waals surface area contributed by atoms with Crippen LogP contribution in [0.1, 0.15) is 33.5 Å². The van der Waals surface area contributed by atoms with Crippen LogP contribution in [0.4, 0.5) is 0 Å². The molecule has 0 aliphatic rings. The van der Waals surface area contributed by atoms with Crippen molar-refractivity contribution in [3.8, 4) is 0 Å². The van der Waals surface area contributed by atoms with E-state index in [-0.39, 0.29) is 23.1 Å². The molecule has 1 aromatic heterocycles. The number of aryl methyl sites for hydroxylation is 1. The molecule has 1 atom stereocenters. The number of amides is 1. The molecule has 1 heterocycles. The molecule has 1 amide bonds. The van der Waals surface area contributed by atoms with E-state index in [4.69, 9.17) is 9.84 Å². The van der Waals surface area contributed by atoms with Crippen LogP contribution in [0.15, 0.2) is 12.1 Å². The van der Waals surface area contributed by atoms with Gasteiger partial charge in [0.2, 0.25) is 0 Å². The zero-order valence-corrected chi connectivity index (χ0v) is 11.3. The van der Waals surface area contributed by atoms with Crippen LogP contribution in [0.2, 0.25) is 0 Å². The Labute approximate surface area is 111 Å². The number of nitrogens with zero attached hydrogens (tertiary/aromatic N) is 1. The van der Waals surface area contributed by atoms with Gasteiger partial charge in [-0.1, -0.05) is 6.92 Å². The van der Waals surface area contributed by atoms with Crippen LogP contribution in [0.25, 0.3) is 0 Å². The fraction of sp³-hybridized carbons (Fsp3) is 0.462. The Morgan fingerprint density at radius 1 is 1.47 bits per heavy atom. The van der Waals surface area contributed by atoms with E-state index in [0.29, 0.717) is 18.8 Å². The summed E-state index contributed by atoms with van der Waals surface area (Å²) in [6, 6.07) is 2.80. The van der Waals surface area contributed by atoms with Gasteiger partial charge in [0.05, 0.1) is 17.9 Å². The maximum absolute atomic E-state index is 11.8. The average Bonchev–Trinajstić information content (AvgIpc) is 2.35. The smallest absolute Gasteiger partial charge is 0.337 e. The molecule has 1 unspecified atom stereocenters. The molecule has 0 saturated heterocycles. The van der Waals surface area contributed by atoms with E-state index in [1.807, 2.05) is 6.92 Å². The van der Waals surface area contributed by atoms with Crippen LogP contribution in [0.3, 0.4) is 0 Å². The van der Waals surface area contributed by atoms with Gasteiger partial charge < -0.3 is 15.2 Å². The Morgan fingerprint density at radius 3 is 2.68 bits per heavy atom. The third-order valence-electron chi connectivity index (χ3n) is 2.61. The van der Waals surface area contributed by atoms with Crippen molar-refractivity contribution in [3.05, 3.63) is 29.1 Å². The number of methoxy groups -OCH3 is 1. The van der Waals surface area contributed by atoms with Gasteiger partial charge in [0.25, 0.3) is 5.91 Å². The van der Waals surface area contributed by atoms with E-state index in [1.54, 1.807) is 14.0 Å². The summed E-state index contributed by atoms with van der Waals surface area (Å²) in [7, 11) is 1.61. The van der Waals surface area contributed by atoms with Gasteiger partial charge in [0, 0.05) is 13.7 Å². The Bertz CT molecular complexity index is 474. The van der Waals surface area contributed by atoms with Crippen LogP contribution >= 0.6 is 0 Å². The highest BCUT2D eigenvalue weighted by molar-refractivity contribution is 5.94. The van der Waals surface area contributed by atoms with E-state index in [9.17, 15) is 9.59 Å². The Kier molecular flexibility index (Phi) is 5.44. The lowest BCUT2D eigenvalue weighted by atomic mass is 10.1. The fourth-order valence-corrected chi connectivity index (χ4v) is 1.61. The molecule has 0 bridgehead atoms. The first kappa shape index (κ1) is 15.1. The number of pyridine rings is 1. The highest BCUT2D eigenvalue weighted by atomic mass is 16.5. The van der Waals surface area contributed by atoms with Gasteiger partial charge >= 0.3 is 5.97 Å². The molecular formula is C13H18N2O4. The number of carbonyl (C=O) groups is 2. The molecule has 104 valence electrons. The van der Waals surface area contributed by atoms with Gasteiger partial charge in [0.15, 0.2) is 0 Å². The number of rotatable bonds is 6. The topological polar surface area (TPSA) is 88.5 Å². The third-order valence-corrected chi connectivity index (χ3v) is 2.61. The van der Waals surface area contributed by atoms with E-state index < -0.39 is 5.97 Å². The number of hydrogen-bond acceptors (Lipinski definition) is 4. The van der Waals surface area contributed by atoms with Crippen molar-refractivity contribution in [1.29, 1.82) is 0 Å². The van der Waals surface area contributed by atoms with Crippen molar-refractivity contribution in [2.24, 2.45) is 5.92 Å². The molecule has 2 N–H and O–H groups in total. The van der Waals surface area contributed by atoms with Crippen molar-refractivity contribution >= 4 is 11.9 Å². The number of carboxylic acids is 1. The Balaban J connectivity index is 2.68. The lowest BCUT2D eigenvalue weighted by Gasteiger charge is -2.11. The summed E-state index contributed by atoms with van der Waals surface area (Å²) in [5, 5.41) is 11.6. The maximum Gasteiger partial charge on any atom is 0.337 e. The zero-order chi connectivity index (χ0) is 14.4. The van der Waals surface area contributed by atoms with E-state index >= 15 is 0 Å². The summed E-state index contributed by atoms with van der Waals surface area (Å²) in [5.74, 6) is -1.16. The van der Waals surface area contributed by atoms with Gasteiger partial charge in [-0.2, -0.15) is 0 Å². The summed E-state index contributed by atoms with van der Waals surface area (Å²) in [5.41, 5.74) is 0.640. The normalized spacial score (nSPS) is 11.9. The number of aromatic carboxylic acids is 1. The van der Waals surface area contributed by atoms with Crippen molar-refractivity contribution in [2.45, 2.75) is 13.8 Å². The first-order valence-corrected chi connectivity index (χ1v) is 5.93. The number of aromatic nitrogens is 1. The molecule has 0 radical (unpaired) electrons. The minimum Gasteiger partial charge on any atom is -0.478 e. The SMILES string of the molecule is COCC(C)CNC(=O)c1ccc(C(=O)O)c(C)n1. The van der Waals surface area contributed by atoms with Crippen LogP contribution < -0.4 is 5.32 Å². The molecule has 6 heteroatoms. The Morgan fingerprint density at radius 2 is 2.16 bits per heavy atom. The van der Waals surface area contributed by atoms with Crippen molar-refractivity contribution < 1.29 is 19.4 Å². The minimum atomic E-state index is -1.05. The van der Waals surface area contributed by atoms with Gasteiger partial charge in [0.1, 0.15) is 5.69 Å². The summed E-state index contributed by atoms with van der Waals surface area (Å²) in [4.78, 5) is 26.7. The van der Waals surface area contributed by atoms with Crippen LogP contribution in [-0.2, 0) is 4.74 Å². The third kappa shape index (κ3) is 4.33. The molecule has 0 saturated carbocycles. The number of hydrogen-bond donors (Lipinski definition) is 2. The lowest BCUT2D eigenvalue weighted by Crippen LogP contribution is -2.30.